The summed E-state index contributed by atoms with van der Waals surface area (Å²) in [7, 11) is 0. The molecule has 28 heavy (non-hydrogen) atoms. The van der Waals surface area contributed by atoms with Gasteiger partial charge in [0.15, 0.2) is 11.9 Å². The first kappa shape index (κ1) is 21.1. The van der Waals surface area contributed by atoms with Crippen LogP contribution in [0.4, 0.5) is 5.69 Å². The van der Waals surface area contributed by atoms with Crippen LogP contribution in [-0.2, 0) is 20.7 Å². The summed E-state index contributed by atoms with van der Waals surface area (Å²) in [6.07, 6.45) is -0.984. The Morgan fingerprint density at radius 1 is 1.07 bits per heavy atom. The number of ether oxygens (including phenoxy) is 1. The predicted molar refractivity (Wildman–Crippen MR) is 105 cm³/mol. The number of ketones is 2. The number of hydrogen-bond acceptors (Lipinski definition) is 5. The second-order valence-corrected chi connectivity index (χ2v) is 6.73. The van der Waals surface area contributed by atoms with Crippen LogP contribution in [0.1, 0.15) is 58.4 Å². The van der Waals surface area contributed by atoms with E-state index in [1.807, 2.05) is 0 Å². The number of Topliss-reactive ketones (excluding diaryl/α,β-unsaturated/α-hetero) is 2. The highest BCUT2D eigenvalue weighted by Gasteiger charge is 2.26. The summed E-state index contributed by atoms with van der Waals surface area (Å²) in [4.78, 5) is 50.5. The zero-order valence-corrected chi connectivity index (χ0v) is 16.6. The number of aryl methyl sites for hydroxylation is 1. The molecule has 0 fully saturated rings. The Bertz CT molecular complexity index is 925. The lowest BCUT2D eigenvalue weighted by Gasteiger charge is -2.12. The zero-order valence-electron chi connectivity index (χ0n) is 16.6. The molecule has 1 heterocycles. The molecule has 7 heteroatoms. The molecular formula is C21H24N2O5. The lowest BCUT2D eigenvalue weighted by atomic mass is 10.0. The fourth-order valence-corrected chi connectivity index (χ4v) is 3.10. The molecule has 0 aliphatic carbocycles. The Morgan fingerprint density at radius 3 is 2.18 bits per heavy atom. The van der Waals surface area contributed by atoms with E-state index < -0.39 is 12.1 Å². The fraction of sp³-hybridized carbons (Fsp3) is 0.333. The van der Waals surface area contributed by atoms with Crippen LogP contribution in [0.25, 0.3) is 0 Å². The number of nitrogens with one attached hydrogen (secondary N) is 2. The number of H-pyrrole nitrogens is 1. The number of amides is 1. The van der Waals surface area contributed by atoms with E-state index in [-0.39, 0.29) is 29.6 Å². The Kier molecular flexibility index (Phi) is 6.51. The first-order chi connectivity index (χ1) is 13.1. The smallest absolute Gasteiger partial charge is 0.310 e. The summed E-state index contributed by atoms with van der Waals surface area (Å²) in [5.74, 6) is -1.23. The average molecular weight is 384 g/mol. The van der Waals surface area contributed by atoms with Crippen molar-refractivity contribution < 1.29 is 23.9 Å². The largest absolute Gasteiger partial charge is 0.454 e. The van der Waals surface area contributed by atoms with E-state index >= 15 is 0 Å². The standard InChI is InChI=1S/C21H24N2O5/c1-11-19(13(3)24)12(2)22-20(11)21(27)14(4)28-18(26)10-16-6-8-17(9-7-16)23-15(5)25/h6-9,14,22H,10H2,1-5H3,(H,23,25)/t14-/m0/s1. The molecule has 0 spiro atoms. The summed E-state index contributed by atoms with van der Waals surface area (Å²) in [5, 5.41) is 2.64. The Morgan fingerprint density at radius 2 is 1.68 bits per heavy atom. The second-order valence-electron chi connectivity index (χ2n) is 6.73. The highest BCUT2D eigenvalue weighted by molar-refractivity contribution is 6.05. The third-order valence-electron chi connectivity index (χ3n) is 4.34. The molecule has 7 nitrogen and oxygen atoms in total. The molecule has 0 radical (unpaired) electrons. The minimum Gasteiger partial charge on any atom is -0.454 e. The van der Waals surface area contributed by atoms with Crippen molar-refractivity contribution in [2.45, 2.75) is 47.1 Å². The van der Waals surface area contributed by atoms with E-state index in [2.05, 4.69) is 10.3 Å². The quantitative estimate of drug-likeness (QED) is 0.563. The van der Waals surface area contributed by atoms with Crippen LogP contribution in [0.2, 0.25) is 0 Å². The van der Waals surface area contributed by atoms with Gasteiger partial charge in [-0.15, -0.1) is 0 Å². The summed E-state index contributed by atoms with van der Waals surface area (Å²) in [5.41, 5.74) is 3.28. The lowest BCUT2D eigenvalue weighted by Crippen LogP contribution is -2.26. The van der Waals surface area contributed by atoms with Gasteiger partial charge in [0.1, 0.15) is 0 Å². The maximum absolute atomic E-state index is 12.6. The van der Waals surface area contributed by atoms with Crippen molar-refractivity contribution in [3.63, 3.8) is 0 Å². The van der Waals surface area contributed by atoms with Gasteiger partial charge in [-0.1, -0.05) is 12.1 Å². The number of rotatable bonds is 7. The molecule has 2 aromatic rings. The van der Waals surface area contributed by atoms with Gasteiger partial charge in [0, 0.05) is 23.9 Å². The van der Waals surface area contributed by atoms with E-state index in [0.717, 1.165) is 0 Å². The topological polar surface area (TPSA) is 105 Å². The molecule has 1 aromatic carbocycles. The molecule has 0 aliphatic rings. The van der Waals surface area contributed by atoms with E-state index in [4.69, 9.17) is 4.74 Å². The van der Waals surface area contributed by atoms with Crippen LogP contribution >= 0.6 is 0 Å². The predicted octanol–water partition coefficient (Wildman–Crippen LogP) is 3.15. The molecule has 0 aliphatic heterocycles. The van der Waals surface area contributed by atoms with Gasteiger partial charge in [0.05, 0.1) is 12.1 Å². The summed E-state index contributed by atoms with van der Waals surface area (Å²) in [6.45, 7) is 7.78. The van der Waals surface area contributed by atoms with Crippen LogP contribution in [-0.4, -0.2) is 34.5 Å². The minimum absolute atomic E-state index is 0.000592. The van der Waals surface area contributed by atoms with Crippen molar-refractivity contribution >= 4 is 29.1 Å². The Balaban J connectivity index is 2.02. The number of carbonyl (C=O) groups is 4. The van der Waals surface area contributed by atoms with E-state index in [0.29, 0.717) is 28.1 Å². The van der Waals surface area contributed by atoms with Crippen LogP contribution < -0.4 is 5.32 Å². The molecule has 0 bridgehead atoms. The lowest BCUT2D eigenvalue weighted by molar-refractivity contribution is -0.145. The van der Waals surface area contributed by atoms with Crippen LogP contribution in [0.3, 0.4) is 0 Å². The first-order valence-corrected chi connectivity index (χ1v) is 8.90. The summed E-state index contributed by atoms with van der Waals surface area (Å²) < 4.78 is 5.27. The number of hydrogen-bond donors (Lipinski definition) is 2. The Labute approximate surface area is 163 Å². The van der Waals surface area contributed by atoms with Crippen LogP contribution in [0, 0.1) is 13.8 Å². The average Bonchev–Trinajstić information content (AvgIpc) is 2.89. The third kappa shape index (κ3) is 4.94. The van der Waals surface area contributed by atoms with Crippen molar-refractivity contribution in [1.29, 1.82) is 0 Å². The molecule has 0 unspecified atom stereocenters. The van der Waals surface area contributed by atoms with E-state index in [1.54, 1.807) is 38.1 Å². The van der Waals surface area contributed by atoms with Crippen molar-refractivity contribution in [3.05, 3.63) is 52.3 Å². The molecule has 148 valence electrons. The number of aromatic nitrogens is 1. The molecule has 1 atom stereocenters. The van der Waals surface area contributed by atoms with Crippen molar-refractivity contribution in [2.24, 2.45) is 0 Å². The van der Waals surface area contributed by atoms with Crippen molar-refractivity contribution in [3.8, 4) is 0 Å². The molecule has 2 N–H and O–H groups in total. The maximum Gasteiger partial charge on any atom is 0.310 e. The monoisotopic (exact) mass is 384 g/mol. The molecule has 2 rings (SSSR count). The molecule has 0 saturated carbocycles. The van der Waals surface area contributed by atoms with Crippen molar-refractivity contribution in [1.82, 2.24) is 4.98 Å². The SMILES string of the molecule is CC(=O)Nc1ccc(CC(=O)O[C@@H](C)C(=O)c2[nH]c(C)c(C(C)=O)c2C)cc1. The van der Waals surface area contributed by atoms with Gasteiger partial charge in [-0.2, -0.15) is 0 Å². The van der Waals surface area contributed by atoms with E-state index in [9.17, 15) is 19.2 Å². The molecule has 1 aromatic heterocycles. The third-order valence-corrected chi connectivity index (χ3v) is 4.34. The number of benzene rings is 1. The summed E-state index contributed by atoms with van der Waals surface area (Å²) in [6, 6.07) is 6.78. The summed E-state index contributed by atoms with van der Waals surface area (Å²) >= 11 is 0. The number of anilines is 1. The fourth-order valence-electron chi connectivity index (χ4n) is 3.10. The normalized spacial score (nSPS) is 11.6. The van der Waals surface area contributed by atoms with Gasteiger partial charge in [0.25, 0.3) is 0 Å². The number of aromatic amines is 1. The van der Waals surface area contributed by atoms with Gasteiger partial charge in [0.2, 0.25) is 11.7 Å². The van der Waals surface area contributed by atoms with Gasteiger partial charge in [-0.05, 0) is 51.0 Å². The van der Waals surface area contributed by atoms with Gasteiger partial charge < -0.3 is 15.0 Å². The van der Waals surface area contributed by atoms with E-state index in [1.165, 1.54) is 20.8 Å². The Hall–Kier alpha value is -3.22. The highest BCUT2D eigenvalue weighted by atomic mass is 16.5. The van der Waals surface area contributed by atoms with Crippen LogP contribution in [0.5, 0.6) is 0 Å². The first-order valence-electron chi connectivity index (χ1n) is 8.90. The molecule has 0 saturated heterocycles. The minimum atomic E-state index is -0.984. The zero-order chi connectivity index (χ0) is 21.0. The maximum atomic E-state index is 12.6. The molecule has 1 amide bonds. The highest BCUT2D eigenvalue weighted by Crippen LogP contribution is 2.20. The van der Waals surface area contributed by atoms with Crippen molar-refractivity contribution in [2.75, 3.05) is 5.32 Å². The number of esters is 1. The van der Waals surface area contributed by atoms with Crippen LogP contribution in [0.15, 0.2) is 24.3 Å². The molecular weight excluding hydrogens is 360 g/mol. The van der Waals surface area contributed by atoms with Gasteiger partial charge in [-0.25, -0.2) is 0 Å². The van der Waals surface area contributed by atoms with Gasteiger partial charge >= 0.3 is 5.97 Å². The number of carbonyl (C=O) groups excluding carboxylic acids is 4. The van der Waals surface area contributed by atoms with Gasteiger partial charge in [-0.3, -0.25) is 19.2 Å². The second kappa shape index (κ2) is 8.65.